The molecule has 0 N–H and O–H groups in total. The molecule has 114 valence electrons. The second-order valence-electron chi connectivity index (χ2n) is 5.88. The Morgan fingerprint density at radius 2 is 2.05 bits per heavy atom. The van der Waals surface area contributed by atoms with Crippen LogP contribution >= 0.6 is 0 Å². The van der Waals surface area contributed by atoms with Crippen LogP contribution in [0.4, 0.5) is 10.1 Å². The van der Waals surface area contributed by atoms with Crippen molar-refractivity contribution in [2.45, 2.75) is 33.1 Å². The Morgan fingerprint density at radius 1 is 1.43 bits per heavy atom. The molecule has 6 heteroatoms. The molecule has 0 aromatic heterocycles. The van der Waals surface area contributed by atoms with E-state index in [0.717, 1.165) is 37.5 Å². The maximum Gasteiger partial charge on any atom is 0.270 e. The van der Waals surface area contributed by atoms with Gasteiger partial charge in [-0.3, -0.25) is 14.9 Å². The van der Waals surface area contributed by atoms with Crippen LogP contribution in [0.5, 0.6) is 0 Å². The smallest absolute Gasteiger partial charge is 0.270 e. The van der Waals surface area contributed by atoms with Crippen LogP contribution in [0, 0.1) is 21.3 Å². The summed E-state index contributed by atoms with van der Waals surface area (Å²) in [5, 5.41) is 10.7. The normalized spacial score (nSPS) is 17.6. The molecule has 1 amide bonds. The van der Waals surface area contributed by atoms with Crippen LogP contribution in [0.15, 0.2) is 18.2 Å². The van der Waals surface area contributed by atoms with Crippen molar-refractivity contribution in [3.63, 3.8) is 0 Å². The van der Waals surface area contributed by atoms with Gasteiger partial charge in [0.25, 0.3) is 11.6 Å². The van der Waals surface area contributed by atoms with Crippen molar-refractivity contribution in [1.29, 1.82) is 0 Å². The molecule has 1 aliphatic rings. The first-order valence-corrected chi connectivity index (χ1v) is 7.09. The number of benzene rings is 1. The predicted molar refractivity (Wildman–Crippen MR) is 76.6 cm³/mol. The number of hydrogen-bond donors (Lipinski definition) is 0. The van der Waals surface area contributed by atoms with Crippen molar-refractivity contribution >= 4 is 11.6 Å². The van der Waals surface area contributed by atoms with E-state index in [-0.39, 0.29) is 16.7 Å². The highest BCUT2D eigenvalue weighted by atomic mass is 19.1. The van der Waals surface area contributed by atoms with Gasteiger partial charge in [-0.05, 0) is 24.3 Å². The first kappa shape index (κ1) is 15.4. The maximum absolute atomic E-state index is 13.8. The first-order valence-electron chi connectivity index (χ1n) is 7.09. The number of nitro groups is 1. The monoisotopic (exact) mass is 294 g/mol. The molecule has 1 fully saturated rings. The Kier molecular flexibility index (Phi) is 4.25. The van der Waals surface area contributed by atoms with Crippen molar-refractivity contribution in [2.24, 2.45) is 5.41 Å². The van der Waals surface area contributed by atoms with E-state index in [9.17, 15) is 19.3 Å². The van der Waals surface area contributed by atoms with E-state index in [1.165, 1.54) is 0 Å². The molecular weight excluding hydrogens is 275 g/mol. The fourth-order valence-corrected chi connectivity index (χ4v) is 2.56. The number of rotatable bonds is 3. The summed E-state index contributed by atoms with van der Waals surface area (Å²) >= 11 is 0. The predicted octanol–water partition coefficient (Wildman–Crippen LogP) is 3.39. The molecule has 1 saturated heterocycles. The van der Waals surface area contributed by atoms with Gasteiger partial charge in [0, 0.05) is 25.2 Å². The highest BCUT2D eigenvalue weighted by molar-refractivity contribution is 5.95. The summed E-state index contributed by atoms with van der Waals surface area (Å²) in [6, 6.07) is 3.06. The summed E-state index contributed by atoms with van der Waals surface area (Å²) in [6.07, 6.45) is 2.78. The van der Waals surface area contributed by atoms with Gasteiger partial charge in [-0.15, -0.1) is 0 Å². The Bertz CT molecular complexity index is 566. The van der Waals surface area contributed by atoms with Crippen LogP contribution in [-0.4, -0.2) is 28.8 Å². The van der Waals surface area contributed by atoms with Crippen molar-refractivity contribution in [3.8, 4) is 0 Å². The zero-order valence-corrected chi connectivity index (χ0v) is 12.3. The fourth-order valence-electron chi connectivity index (χ4n) is 2.56. The van der Waals surface area contributed by atoms with Gasteiger partial charge >= 0.3 is 0 Å². The third-order valence-electron chi connectivity index (χ3n) is 4.50. The standard InChI is InChI=1S/C15H19FN2O3/c1-3-15(2)6-8-17(9-7-15)14(19)12-10-11(18(20)21)4-5-13(12)16/h4-5,10H,3,6-9H2,1-2H3. The molecule has 1 aliphatic heterocycles. The Balaban J connectivity index is 2.18. The van der Waals surface area contributed by atoms with E-state index in [1.54, 1.807) is 4.90 Å². The van der Waals surface area contributed by atoms with Gasteiger partial charge in [-0.1, -0.05) is 20.3 Å². The van der Waals surface area contributed by atoms with Crippen molar-refractivity contribution in [2.75, 3.05) is 13.1 Å². The molecule has 0 atom stereocenters. The molecule has 1 aromatic carbocycles. The minimum Gasteiger partial charge on any atom is -0.339 e. The lowest BCUT2D eigenvalue weighted by Gasteiger charge is -2.38. The van der Waals surface area contributed by atoms with Gasteiger partial charge in [0.05, 0.1) is 10.5 Å². The molecule has 0 bridgehead atoms. The summed E-state index contributed by atoms with van der Waals surface area (Å²) < 4.78 is 13.8. The number of nitrogens with zero attached hydrogens (tertiary/aromatic N) is 2. The number of amides is 1. The SMILES string of the molecule is CCC1(C)CCN(C(=O)c2cc([N+](=O)[O-])ccc2F)CC1. The van der Waals surface area contributed by atoms with Crippen molar-refractivity contribution < 1.29 is 14.1 Å². The summed E-state index contributed by atoms with van der Waals surface area (Å²) in [7, 11) is 0. The molecular formula is C15H19FN2O3. The third-order valence-corrected chi connectivity index (χ3v) is 4.50. The van der Waals surface area contributed by atoms with Gasteiger partial charge in [-0.2, -0.15) is 0 Å². The van der Waals surface area contributed by atoms with Gasteiger partial charge in [0.2, 0.25) is 0 Å². The average molecular weight is 294 g/mol. The Hall–Kier alpha value is -1.98. The zero-order valence-electron chi connectivity index (χ0n) is 12.3. The van der Waals surface area contributed by atoms with E-state index < -0.39 is 16.6 Å². The molecule has 1 heterocycles. The molecule has 0 aliphatic carbocycles. The molecule has 2 rings (SSSR count). The third kappa shape index (κ3) is 3.20. The minimum atomic E-state index is -0.713. The second-order valence-corrected chi connectivity index (χ2v) is 5.88. The van der Waals surface area contributed by atoms with E-state index in [4.69, 9.17) is 0 Å². The van der Waals surface area contributed by atoms with Crippen LogP contribution in [0.1, 0.15) is 43.5 Å². The number of nitro benzene ring substituents is 1. The Morgan fingerprint density at radius 3 is 2.57 bits per heavy atom. The van der Waals surface area contributed by atoms with Crippen molar-refractivity contribution in [3.05, 3.63) is 39.7 Å². The molecule has 1 aromatic rings. The number of carbonyl (C=O) groups is 1. The van der Waals surface area contributed by atoms with E-state index >= 15 is 0 Å². The van der Waals surface area contributed by atoms with Crippen LogP contribution in [0.3, 0.4) is 0 Å². The van der Waals surface area contributed by atoms with Gasteiger partial charge in [0.1, 0.15) is 5.82 Å². The molecule has 5 nitrogen and oxygen atoms in total. The topological polar surface area (TPSA) is 63.5 Å². The summed E-state index contributed by atoms with van der Waals surface area (Å²) in [5.41, 5.74) is -0.266. The number of piperidine rings is 1. The first-order chi connectivity index (χ1) is 9.86. The highest BCUT2D eigenvalue weighted by Gasteiger charge is 2.31. The lowest BCUT2D eigenvalue weighted by atomic mass is 9.78. The van der Waals surface area contributed by atoms with E-state index in [0.29, 0.717) is 13.1 Å². The van der Waals surface area contributed by atoms with Crippen molar-refractivity contribution in [1.82, 2.24) is 4.90 Å². The summed E-state index contributed by atoms with van der Waals surface area (Å²) in [5.74, 6) is -1.18. The molecule has 0 radical (unpaired) electrons. The lowest BCUT2D eigenvalue weighted by molar-refractivity contribution is -0.384. The molecule has 0 saturated carbocycles. The van der Waals surface area contributed by atoms with Gasteiger partial charge in [-0.25, -0.2) is 4.39 Å². The molecule has 21 heavy (non-hydrogen) atoms. The van der Waals surface area contributed by atoms with Crippen LogP contribution in [-0.2, 0) is 0 Å². The average Bonchev–Trinajstić information content (AvgIpc) is 2.47. The molecule has 0 spiro atoms. The largest absolute Gasteiger partial charge is 0.339 e. The number of carbonyl (C=O) groups excluding carboxylic acids is 1. The number of non-ortho nitro benzene ring substituents is 1. The summed E-state index contributed by atoms with van der Waals surface area (Å²) in [4.78, 5) is 24.1. The zero-order chi connectivity index (χ0) is 15.6. The number of halogens is 1. The maximum atomic E-state index is 13.8. The van der Waals surface area contributed by atoms with Crippen LogP contribution < -0.4 is 0 Å². The van der Waals surface area contributed by atoms with E-state index in [2.05, 4.69) is 13.8 Å². The van der Waals surface area contributed by atoms with Crippen LogP contribution in [0.2, 0.25) is 0 Å². The Labute approximate surface area is 122 Å². The quantitative estimate of drug-likeness (QED) is 0.634. The number of likely N-dealkylation sites (tertiary alicyclic amines) is 1. The summed E-state index contributed by atoms with van der Waals surface area (Å²) in [6.45, 7) is 5.43. The van der Waals surface area contributed by atoms with E-state index in [1.807, 2.05) is 0 Å². The van der Waals surface area contributed by atoms with Gasteiger partial charge < -0.3 is 4.90 Å². The molecule has 0 unspecified atom stereocenters. The van der Waals surface area contributed by atoms with Gasteiger partial charge in [0.15, 0.2) is 0 Å². The highest BCUT2D eigenvalue weighted by Crippen LogP contribution is 2.34. The second kappa shape index (κ2) is 5.79. The minimum absolute atomic E-state index is 0.218. The lowest BCUT2D eigenvalue weighted by Crippen LogP contribution is -2.42. The fraction of sp³-hybridized carbons (Fsp3) is 0.533. The van der Waals surface area contributed by atoms with Crippen LogP contribution in [0.25, 0.3) is 0 Å². The number of hydrogen-bond acceptors (Lipinski definition) is 3.